The van der Waals surface area contributed by atoms with Gasteiger partial charge in [-0.2, -0.15) is 0 Å². The summed E-state index contributed by atoms with van der Waals surface area (Å²) in [6, 6.07) is 16.6. The second-order valence-electron chi connectivity index (χ2n) is 7.81. The molecule has 1 aliphatic rings. The average Bonchev–Trinajstić information content (AvgIpc) is 3.09. The number of aryl methyl sites for hydroxylation is 1. The normalized spacial score (nSPS) is 15.4. The van der Waals surface area contributed by atoms with Crippen molar-refractivity contribution in [1.29, 1.82) is 0 Å². The van der Waals surface area contributed by atoms with Gasteiger partial charge >= 0.3 is 0 Å². The molecule has 0 aliphatic carbocycles. The zero-order valence-electron chi connectivity index (χ0n) is 17.9. The van der Waals surface area contributed by atoms with Crippen LogP contribution in [-0.2, 0) is 16.4 Å². The molecule has 0 radical (unpaired) electrons. The van der Waals surface area contributed by atoms with E-state index in [0.717, 1.165) is 11.1 Å². The quantitative estimate of drug-likeness (QED) is 0.566. The van der Waals surface area contributed by atoms with Crippen LogP contribution < -0.4 is 14.4 Å². The van der Waals surface area contributed by atoms with E-state index in [1.165, 1.54) is 11.4 Å². The SMILES string of the molecule is COc1ccc(NC(=O)c2ccc3c(c2)C[C@H](C)N3S(=O)(=O)c2ccc(C)cc2)cc1Cl. The summed E-state index contributed by atoms with van der Waals surface area (Å²) in [5, 5.41) is 3.21. The van der Waals surface area contributed by atoms with E-state index in [4.69, 9.17) is 16.3 Å². The van der Waals surface area contributed by atoms with Gasteiger partial charge in [0.25, 0.3) is 15.9 Å². The third-order valence-corrected chi connectivity index (χ3v) is 7.72. The Morgan fingerprint density at radius 1 is 1.09 bits per heavy atom. The Kier molecular flexibility index (Phi) is 5.88. The minimum absolute atomic E-state index is 0.251. The van der Waals surface area contributed by atoms with Crippen LogP contribution in [0.4, 0.5) is 11.4 Å². The van der Waals surface area contributed by atoms with E-state index in [1.807, 2.05) is 13.8 Å². The number of benzene rings is 3. The summed E-state index contributed by atoms with van der Waals surface area (Å²) < 4.78 is 33.1. The molecule has 1 amide bonds. The predicted molar refractivity (Wildman–Crippen MR) is 126 cm³/mol. The summed E-state index contributed by atoms with van der Waals surface area (Å²) in [7, 11) is -2.18. The number of ether oxygens (including phenoxy) is 1. The van der Waals surface area contributed by atoms with Crippen LogP contribution in [0.1, 0.15) is 28.4 Å². The molecule has 1 aliphatic heterocycles. The number of carbonyl (C=O) groups excluding carboxylic acids is 1. The highest BCUT2D eigenvalue weighted by molar-refractivity contribution is 7.92. The molecule has 0 unspecified atom stereocenters. The molecule has 1 N–H and O–H groups in total. The van der Waals surface area contributed by atoms with Gasteiger partial charge in [0.2, 0.25) is 0 Å². The maximum atomic E-state index is 13.3. The Hall–Kier alpha value is -3.03. The van der Waals surface area contributed by atoms with Gasteiger partial charge in [0.05, 0.1) is 22.7 Å². The molecule has 6 nitrogen and oxygen atoms in total. The van der Waals surface area contributed by atoms with Crippen LogP contribution >= 0.6 is 11.6 Å². The third-order valence-electron chi connectivity index (χ3n) is 5.48. The first-order valence-corrected chi connectivity index (χ1v) is 11.9. The molecular formula is C24H23ClN2O4S. The molecule has 0 saturated carbocycles. The molecule has 0 bridgehead atoms. The first-order valence-electron chi connectivity index (χ1n) is 10.1. The topological polar surface area (TPSA) is 75.7 Å². The molecule has 3 aromatic rings. The second-order valence-corrected chi connectivity index (χ2v) is 10.0. The van der Waals surface area contributed by atoms with E-state index >= 15 is 0 Å². The highest BCUT2D eigenvalue weighted by Crippen LogP contribution is 2.37. The Morgan fingerprint density at radius 2 is 1.81 bits per heavy atom. The number of hydrogen-bond donors (Lipinski definition) is 1. The van der Waals surface area contributed by atoms with Crippen molar-refractivity contribution in [1.82, 2.24) is 0 Å². The number of nitrogens with zero attached hydrogens (tertiary/aromatic N) is 1. The van der Waals surface area contributed by atoms with Crippen molar-refractivity contribution in [3.05, 3.63) is 82.4 Å². The Bertz CT molecular complexity index is 1290. The van der Waals surface area contributed by atoms with E-state index in [-0.39, 0.29) is 16.8 Å². The summed E-state index contributed by atoms with van der Waals surface area (Å²) in [6.07, 6.45) is 0.524. The minimum atomic E-state index is -3.70. The van der Waals surface area contributed by atoms with E-state index in [0.29, 0.717) is 34.1 Å². The summed E-state index contributed by atoms with van der Waals surface area (Å²) in [5.41, 5.74) is 3.39. The van der Waals surface area contributed by atoms with Crippen LogP contribution in [0.25, 0.3) is 0 Å². The maximum Gasteiger partial charge on any atom is 0.264 e. The maximum absolute atomic E-state index is 13.3. The minimum Gasteiger partial charge on any atom is -0.495 e. The number of halogens is 1. The van der Waals surface area contributed by atoms with Crippen molar-refractivity contribution in [3.63, 3.8) is 0 Å². The summed E-state index contributed by atoms with van der Waals surface area (Å²) in [4.78, 5) is 13.0. The van der Waals surface area contributed by atoms with E-state index in [2.05, 4.69) is 5.32 Å². The lowest BCUT2D eigenvalue weighted by molar-refractivity contribution is 0.102. The number of nitrogens with one attached hydrogen (secondary N) is 1. The Labute approximate surface area is 192 Å². The van der Waals surface area contributed by atoms with Gasteiger partial charge in [-0.1, -0.05) is 29.3 Å². The molecular weight excluding hydrogens is 448 g/mol. The lowest BCUT2D eigenvalue weighted by Gasteiger charge is -2.24. The number of carbonyl (C=O) groups is 1. The average molecular weight is 471 g/mol. The lowest BCUT2D eigenvalue weighted by atomic mass is 10.1. The van der Waals surface area contributed by atoms with Gasteiger partial charge in [-0.3, -0.25) is 9.10 Å². The largest absolute Gasteiger partial charge is 0.495 e. The smallest absolute Gasteiger partial charge is 0.264 e. The number of rotatable bonds is 5. The van der Waals surface area contributed by atoms with Crippen molar-refractivity contribution in [3.8, 4) is 5.75 Å². The predicted octanol–water partition coefficient (Wildman–Crippen LogP) is 5.05. The number of hydrogen-bond acceptors (Lipinski definition) is 4. The van der Waals surface area contributed by atoms with Crippen LogP contribution in [0.3, 0.4) is 0 Å². The molecule has 0 fully saturated rings. The van der Waals surface area contributed by atoms with Crippen LogP contribution in [0, 0.1) is 6.92 Å². The molecule has 1 atom stereocenters. The molecule has 1 heterocycles. The Morgan fingerprint density at radius 3 is 2.47 bits per heavy atom. The van der Waals surface area contributed by atoms with Gasteiger partial charge in [-0.05, 0) is 74.4 Å². The first kappa shape index (κ1) is 22.2. The lowest BCUT2D eigenvalue weighted by Crippen LogP contribution is -2.35. The standard InChI is InChI=1S/C24H23ClN2O4S/c1-15-4-8-20(9-5-15)32(29,30)27-16(2)12-18-13-17(6-10-22(18)27)24(28)26-19-7-11-23(31-3)21(25)14-19/h4-11,13-14,16H,12H2,1-3H3,(H,26,28)/t16-/m0/s1. The molecule has 32 heavy (non-hydrogen) atoms. The first-order chi connectivity index (χ1) is 15.2. The zero-order chi connectivity index (χ0) is 23.0. The van der Waals surface area contributed by atoms with E-state index < -0.39 is 10.0 Å². The summed E-state index contributed by atoms with van der Waals surface area (Å²) in [6.45, 7) is 3.78. The fourth-order valence-corrected chi connectivity index (χ4v) is 5.83. The summed E-state index contributed by atoms with van der Waals surface area (Å²) >= 11 is 6.13. The van der Waals surface area contributed by atoms with Crippen LogP contribution in [0.5, 0.6) is 5.75 Å². The van der Waals surface area contributed by atoms with Crippen molar-refractivity contribution < 1.29 is 17.9 Å². The van der Waals surface area contributed by atoms with E-state index in [1.54, 1.807) is 60.7 Å². The molecule has 0 saturated heterocycles. The molecule has 8 heteroatoms. The summed E-state index contributed by atoms with van der Waals surface area (Å²) in [5.74, 6) is 0.215. The number of fused-ring (bicyclic) bond motifs is 1. The molecule has 4 rings (SSSR count). The van der Waals surface area contributed by atoms with Crippen molar-refractivity contribution in [2.75, 3.05) is 16.7 Å². The van der Waals surface area contributed by atoms with E-state index in [9.17, 15) is 13.2 Å². The van der Waals surface area contributed by atoms with Crippen LogP contribution in [-0.4, -0.2) is 27.5 Å². The monoisotopic (exact) mass is 470 g/mol. The zero-order valence-corrected chi connectivity index (χ0v) is 19.5. The highest BCUT2D eigenvalue weighted by atomic mass is 35.5. The molecule has 0 spiro atoms. The van der Waals surface area contributed by atoms with Crippen molar-refractivity contribution in [2.45, 2.75) is 31.2 Å². The number of anilines is 2. The van der Waals surface area contributed by atoms with Gasteiger partial charge in [-0.25, -0.2) is 8.42 Å². The second kappa shape index (κ2) is 8.48. The fraction of sp³-hybridized carbons (Fsp3) is 0.208. The van der Waals surface area contributed by atoms with Gasteiger partial charge in [0.1, 0.15) is 5.75 Å². The highest BCUT2D eigenvalue weighted by Gasteiger charge is 2.36. The number of amides is 1. The number of sulfonamides is 1. The van der Waals surface area contributed by atoms with Crippen LogP contribution in [0.15, 0.2) is 65.6 Å². The third kappa shape index (κ3) is 4.06. The van der Waals surface area contributed by atoms with Gasteiger partial charge < -0.3 is 10.1 Å². The number of methoxy groups -OCH3 is 1. The van der Waals surface area contributed by atoms with Crippen molar-refractivity contribution in [2.24, 2.45) is 0 Å². The van der Waals surface area contributed by atoms with Gasteiger partial charge in [0, 0.05) is 17.3 Å². The molecule has 0 aromatic heterocycles. The van der Waals surface area contributed by atoms with Gasteiger partial charge in [0.15, 0.2) is 0 Å². The molecule has 166 valence electrons. The van der Waals surface area contributed by atoms with Gasteiger partial charge in [-0.15, -0.1) is 0 Å². The fourth-order valence-electron chi connectivity index (χ4n) is 3.88. The van der Waals surface area contributed by atoms with Crippen molar-refractivity contribution >= 4 is 38.9 Å². The molecule has 3 aromatic carbocycles. The Balaban J connectivity index is 1.60. The van der Waals surface area contributed by atoms with Crippen LogP contribution in [0.2, 0.25) is 5.02 Å².